The van der Waals surface area contributed by atoms with Crippen molar-refractivity contribution in [1.82, 2.24) is 9.55 Å². The van der Waals surface area contributed by atoms with Crippen LogP contribution in [0.25, 0.3) is 0 Å². The largest absolute Gasteiger partial charge is 0.393 e. The summed E-state index contributed by atoms with van der Waals surface area (Å²) in [5.41, 5.74) is 1.81. The maximum atomic E-state index is 11.5. The van der Waals surface area contributed by atoms with Crippen molar-refractivity contribution in [3.8, 4) is 0 Å². The first kappa shape index (κ1) is 12.9. The fraction of sp³-hybridized carbons (Fsp3) is 0.556. The number of ether oxygens (including phenoxy) is 1. The predicted molar refractivity (Wildman–Crippen MR) is 57.5 cm³/mol. The Morgan fingerprint density at radius 3 is 2.72 bits per heavy atom. The van der Waals surface area contributed by atoms with Crippen LogP contribution < -0.4 is 17.0 Å². The van der Waals surface area contributed by atoms with E-state index in [0.29, 0.717) is 0 Å². The van der Waals surface area contributed by atoms with E-state index in [9.17, 15) is 19.8 Å². The molecular formula is C9H13N3O6. The van der Waals surface area contributed by atoms with Gasteiger partial charge in [0, 0.05) is 12.3 Å². The number of hydrogen-bond acceptors (Lipinski definition) is 7. The molecule has 1 saturated heterocycles. The van der Waals surface area contributed by atoms with E-state index in [1.165, 1.54) is 0 Å². The van der Waals surface area contributed by atoms with Crippen LogP contribution in [0.15, 0.2) is 21.9 Å². The van der Waals surface area contributed by atoms with E-state index >= 15 is 0 Å². The lowest BCUT2D eigenvalue weighted by Gasteiger charge is -2.24. The molecule has 100 valence electrons. The van der Waals surface area contributed by atoms with Gasteiger partial charge in [-0.3, -0.25) is 20.1 Å². The average Bonchev–Trinajstić information content (AvgIpc) is 2.52. The Balaban J connectivity index is 2.41. The number of H-pyrrole nitrogens is 1. The van der Waals surface area contributed by atoms with E-state index in [4.69, 9.17) is 15.6 Å². The van der Waals surface area contributed by atoms with Gasteiger partial charge in [-0.1, -0.05) is 0 Å². The van der Waals surface area contributed by atoms with Crippen molar-refractivity contribution < 1.29 is 20.1 Å². The molecule has 0 saturated carbocycles. The smallest absolute Gasteiger partial charge is 0.330 e. The highest BCUT2D eigenvalue weighted by atomic mass is 16.6. The molecule has 2 rings (SSSR count). The highest BCUT2D eigenvalue weighted by Gasteiger charge is 2.53. The second-order valence-corrected chi connectivity index (χ2v) is 4.05. The molecule has 1 aliphatic heterocycles. The Hall–Kier alpha value is -1.52. The number of nitrogens with one attached hydrogen (secondary N) is 1. The summed E-state index contributed by atoms with van der Waals surface area (Å²) in [6.07, 6.45) is -3.05. The molecule has 0 aromatic carbocycles. The molecule has 0 unspecified atom stereocenters. The third-order valence-electron chi connectivity index (χ3n) is 2.85. The zero-order valence-electron chi connectivity index (χ0n) is 9.18. The van der Waals surface area contributed by atoms with Crippen LogP contribution in [-0.4, -0.2) is 49.4 Å². The second-order valence-electron chi connectivity index (χ2n) is 4.05. The molecule has 1 aromatic rings. The number of aromatic amines is 1. The van der Waals surface area contributed by atoms with Crippen molar-refractivity contribution in [3.05, 3.63) is 33.1 Å². The minimum absolute atomic E-state index is 0.606. The van der Waals surface area contributed by atoms with Gasteiger partial charge < -0.3 is 20.1 Å². The molecule has 18 heavy (non-hydrogen) atoms. The SMILES string of the molecule is N[C@@]1(O)[C@@H](CO)O[C@@H](n2ccc(=O)[nH]c2=O)[C@@H]1O. The predicted octanol–water partition coefficient (Wildman–Crippen LogP) is -3.57. The van der Waals surface area contributed by atoms with Gasteiger partial charge in [-0.15, -0.1) is 0 Å². The Labute approximate surface area is 100 Å². The van der Waals surface area contributed by atoms with Crippen molar-refractivity contribution in [3.63, 3.8) is 0 Å². The second kappa shape index (κ2) is 4.30. The van der Waals surface area contributed by atoms with Crippen molar-refractivity contribution >= 4 is 0 Å². The number of aliphatic hydroxyl groups is 3. The van der Waals surface area contributed by atoms with Gasteiger partial charge in [-0.05, 0) is 0 Å². The highest BCUT2D eigenvalue weighted by Crippen LogP contribution is 2.32. The minimum atomic E-state index is -2.19. The lowest BCUT2D eigenvalue weighted by molar-refractivity contribution is -0.0886. The van der Waals surface area contributed by atoms with E-state index in [2.05, 4.69) is 0 Å². The highest BCUT2D eigenvalue weighted by molar-refractivity contribution is 4.99. The standard InChI is InChI=1S/C9H13N3O6/c10-9(17)4(3-13)18-7(6(9)15)12-2-1-5(14)11-8(12)16/h1-2,4,6-7,13,15,17H,3,10H2,(H,11,14,16)/t4-,6+,7-,9-/m1/s1. The summed E-state index contributed by atoms with van der Waals surface area (Å²) in [6.45, 7) is -0.626. The van der Waals surface area contributed by atoms with Crippen LogP contribution in [0.4, 0.5) is 0 Å². The molecule has 1 aliphatic rings. The van der Waals surface area contributed by atoms with Crippen LogP contribution in [-0.2, 0) is 4.74 Å². The number of nitrogens with two attached hydrogens (primary N) is 1. The molecule has 0 radical (unpaired) electrons. The fourth-order valence-corrected chi connectivity index (χ4v) is 1.81. The molecule has 0 aliphatic carbocycles. The summed E-state index contributed by atoms with van der Waals surface area (Å²) < 4.78 is 5.99. The van der Waals surface area contributed by atoms with Crippen molar-refractivity contribution in [2.24, 2.45) is 5.73 Å². The Kier molecular flexibility index (Phi) is 3.09. The van der Waals surface area contributed by atoms with E-state index in [1.807, 2.05) is 4.98 Å². The van der Waals surface area contributed by atoms with Crippen LogP contribution in [0.1, 0.15) is 6.23 Å². The quantitative estimate of drug-likeness (QED) is 0.345. The number of rotatable bonds is 2. The van der Waals surface area contributed by atoms with E-state index in [1.54, 1.807) is 0 Å². The van der Waals surface area contributed by atoms with Crippen molar-refractivity contribution in [2.75, 3.05) is 6.61 Å². The zero-order valence-corrected chi connectivity index (χ0v) is 9.18. The normalized spacial score (nSPS) is 35.9. The van der Waals surface area contributed by atoms with Crippen molar-refractivity contribution in [1.29, 1.82) is 0 Å². The first-order chi connectivity index (χ1) is 8.37. The van der Waals surface area contributed by atoms with Crippen LogP contribution >= 0.6 is 0 Å². The Morgan fingerprint density at radius 1 is 1.56 bits per heavy atom. The maximum Gasteiger partial charge on any atom is 0.330 e. The number of hydrogen-bond donors (Lipinski definition) is 5. The third kappa shape index (κ3) is 1.87. The van der Waals surface area contributed by atoms with Crippen molar-refractivity contribution in [2.45, 2.75) is 24.2 Å². The van der Waals surface area contributed by atoms with Gasteiger partial charge in [-0.25, -0.2) is 4.79 Å². The molecular weight excluding hydrogens is 246 g/mol. The summed E-state index contributed by atoms with van der Waals surface area (Å²) in [7, 11) is 0. The lowest BCUT2D eigenvalue weighted by Crippen LogP contribution is -2.57. The van der Waals surface area contributed by atoms with Crippen LogP contribution in [0.3, 0.4) is 0 Å². The number of aliphatic hydroxyl groups excluding tert-OH is 2. The van der Waals surface area contributed by atoms with Crippen LogP contribution in [0, 0.1) is 0 Å². The summed E-state index contributed by atoms with van der Waals surface area (Å²) >= 11 is 0. The van der Waals surface area contributed by atoms with Gasteiger partial charge in [0.15, 0.2) is 12.0 Å². The monoisotopic (exact) mass is 259 g/mol. The van der Waals surface area contributed by atoms with Gasteiger partial charge in [-0.2, -0.15) is 0 Å². The van der Waals surface area contributed by atoms with Gasteiger partial charge >= 0.3 is 5.69 Å². The third-order valence-corrected chi connectivity index (χ3v) is 2.85. The van der Waals surface area contributed by atoms with Crippen LogP contribution in [0.2, 0.25) is 0 Å². The first-order valence-electron chi connectivity index (χ1n) is 5.15. The van der Waals surface area contributed by atoms with Gasteiger partial charge in [0.2, 0.25) is 0 Å². The van der Waals surface area contributed by atoms with E-state index in [0.717, 1.165) is 16.8 Å². The topological polar surface area (TPSA) is 151 Å². The number of nitrogens with zero attached hydrogens (tertiary/aromatic N) is 1. The Morgan fingerprint density at radius 2 is 2.22 bits per heavy atom. The summed E-state index contributed by atoms with van der Waals surface area (Å²) in [5, 5.41) is 28.5. The fourth-order valence-electron chi connectivity index (χ4n) is 1.81. The van der Waals surface area contributed by atoms with Gasteiger partial charge in [0.25, 0.3) is 5.56 Å². The summed E-state index contributed by atoms with van der Waals surface area (Å²) in [6, 6.07) is 1.05. The molecule has 0 spiro atoms. The molecule has 9 heteroatoms. The van der Waals surface area contributed by atoms with Crippen LogP contribution in [0.5, 0.6) is 0 Å². The molecule has 4 atom stereocenters. The molecule has 1 fully saturated rings. The molecule has 0 bridgehead atoms. The molecule has 2 heterocycles. The summed E-state index contributed by atoms with van der Waals surface area (Å²) in [4.78, 5) is 24.4. The summed E-state index contributed by atoms with van der Waals surface area (Å²) in [5.74, 6) is 0. The van der Waals surface area contributed by atoms with Gasteiger partial charge in [0.05, 0.1) is 6.61 Å². The maximum absolute atomic E-state index is 11.5. The average molecular weight is 259 g/mol. The Bertz CT molecular complexity index is 550. The van der Waals surface area contributed by atoms with E-state index < -0.39 is 42.0 Å². The first-order valence-corrected chi connectivity index (χ1v) is 5.15. The minimum Gasteiger partial charge on any atom is -0.393 e. The van der Waals surface area contributed by atoms with E-state index in [-0.39, 0.29) is 0 Å². The molecule has 0 amide bonds. The zero-order chi connectivity index (χ0) is 13.5. The van der Waals surface area contributed by atoms with Gasteiger partial charge in [0.1, 0.15) is 12.2 Å². The molecule has 9 nitrogen and oxygen atoms in total. The number of aromatic nitrogens is 2. The molecule has 6 N–H and O–H groups in total. The molecule has 1 aromatic heterocycles. The lowest BCUT2D eigenvalue weighted by atomic mass is 10.0.